The van der Waals surface area contributed by atoms with E-state index in [-0.39, 0.29) is 0 Å². The number of hydrogen-bond acceptors (Lipinski definition) is 0. The SMILES string of the molecule is BrCCCCCCCCC[PH](c1ccccc1)(c1ccccc1)c1ccccc1. The van der Waals surface area contributed by atoms with Gasteiger partial charge in [0.15, 0.2) is 0 Å². The summed E-state index contributed by atoms with van der Waals surface area (Å²) in [6.45, 7) is 0. The Morgan fingerprint density at radius 1 is 0.448 bits per heavy atom. The van der Waals surface area contributed by atoms with Gasteiger partial charge in [-0.3, -0.25) is 0 Å². The molecule has 0 aromatic heterocycles. The third-order valence-corrected chi connectivity index (χ3v) is 11.6. The molecule has 0 atom stereocenters. The Morgan fingerprint density at radius 3 is 1.17 bits per heavy atom. The molecule has 3 rings (SSSR count). The van der Waals surface area contributed by atoms with Crippen LogP contribution in [0.2, 0.25) is 0 Å². The average Bonchev–Trinajstić information content (AvgIpc) is 2.80. The van der Waals surface area contributed by atoms with Crippen LogP contribution in [0.3, 0.4) is 0 Å². The topological polar surface area (TPSA) is 0 Å². The van der Waals surface area contributed by atoms with E-state index in [1.165, 1.54) is 67.0 Å². The van der Waals surface area contributed by atoms with E-state index >= 15 is 0 Å². The van der Waals surface area contributed by atoms with Gasteiger partial charge < -0.3 is 0 Å². The summed E-state index contributed by atoms with van der Waals surface area (Å²) in [6.07, 6.45) is 10.7. The number of unbranched alkanes of at least 4 members (excludes halogenated alkanes) is 6. The van der Waals surface area contributed by atoms with Crippen LogP contribution in [0, 0.1) is 0 Å². The van der Waals surface area contributed by atoms with E-state index in [0.29, 0.717) is 0 Å². The molecular weight excluding hydrogens is 435 g/mol. The fourth-order valence-corrected chi connectivity index (χ4v) is 9.80. The molecule has 3 aromatic carbocycles. The summed E-state index contributed by atoms with van der Waals surface area (Å²) in [4.78, 5) is 0. The molecule has 0 unspecified atom stereocenters. The Kier molecular flexibility index (Phi) is 9.45. The first-order chi connectivity index (χ1) is 14.4. The minimum absolute atomic E-state index is 1.15. The molecule has 0 saturated heterocycles. The second-order valence-electron chi connectivity index (χ2n) is 7.92. The van der Waals surface area contributed by atoms with E-state index in [2.05, 4.69) is 107 Å². The van der Waals surface area contributed by atoms with Crippen molar-refractivity contribution < 1.29 is 0 Å². The molecule has 0 aliphatic rings. The molecule has 2 heteroatoms. The third-order valence-electron chi connectivity index (χ3n) is 5.99. The van der Waals surface area contributed by atoms with Gasteiger partial charge >= 0.3 is 187 Å². The predicted octanol–water partition coefficient (Wildman–Crippen LogP) is 6.84. The van der Waals surface area contributed by atoms with E-state index in [1.807, 2.05) is 0 Å². The Morgan fingerprint density at radius 2 is 0.793 bits per heavy atom. The molecule has 0 spiro atoms. The van der Waals surface area contributed by atoms with Crippen molar-refractivity contribution in [1.29, 1.82) is 0 Å². The molecule has 0 saturated carbocycles. The fourth-order valence-electron chi connectivity index (χ4n) is 4.47. The summed E-state index contributed by atoms with van der Waals surface area (Å²) in [6, 6.07) is 33.9. The summed E-state index contributed by atoms with van der Waals surface area (Å²) >= 11 is 3.54. The molecule has 0 radical (unpaired) electrons. The zero-order chi connectivity index (χ0) is 20.2. The first-order valence-corrected chi connectivity index (χ1v) is 14.4. The van der Waals surface area contributed by atoms with Crippen molar-refractivity contribution in [3.8, 4) is 0 Å². The molecule has 0 fully saturated rings. The number of hydrogen-bond donors (Lipinski definition) is 0. The first-order valence-electron chi connectivity index (χ1n) is 11.1. The van der Waals surface area contributed by atoms with Gasteiger partial charge in [-0.2, -0.15) is 0 Å². The number of rotatable bonds is 12. The second-order valence-corrected chi connectivity index (χ2v) is 12.8. The van der Waals surface area contributed by atoms with Crippen molar-refractivity contribution in [2.24, 2.45) is 0 Å². The van der Waals surface area contributed by atoms with Gasteiger partial charge in [-0.15, -0.1) is 0 Å². The first kappa shape index (κ1) is 22.3. The van der Waals surface area contributed by atoms with Crippen LogP contribution in [0.25, 0.3) is 0 Å². The standard InChI is InChI=1S/C27H34BrP/c28-23-15-4-2-1-3-5-16-24-29(25-17-9-6-10-18-25,26-19-11-7-12-20-26)27-21-13-8-14-22-27/h6-14,17-22,29H,1-5,15-16,23-24H2. The quantitative estimate of drug-likeness (QED) is 0.155. The van der Waals surface area contributed by atoms with Crippen LogP contribution in [-0.4, -0.2) is 11.5 Å². The van der Waals surface area contributed by atoms with E-state index in [1.54, 1.807) is 0 Å². The maximum absolute atomic E-state index is 3.54. The van der Waals surface area contributed by atoms with Crippen molar-refractivity contribution in [3.63, 3.8) is 0 Å². The van der Waals surface area contributed by atoms with E-state index in [9.17, 15) is 0 Å². The summed E-state index contributed by atoms with van der Waals surface area (Å²) in [5.74, 6) is 0. The summed E-state index contributed by atoms with van der Waals surface area (Å²) in [5.41, 5.74) is 0. The van der Waals surface area contributed by atoms with E-state index in [4.69, 9.17) is 0 Å². The Hall–Kier alpha value is -1.43. The molecule has 29 heavy (non-hydrogen) atoms. The van der Waals surface area contributed by atoms with Crippen LogP contribution in [0.5, 0.6) is 0 Å². The van der Waals surface area contributed by atoms with Gasteiger partial charge in [-0.1, -0.05) is 0 Å². The van der Waals surface area contributed by atoms with Crippen molar-refractivity contribution in [2.45, 2.75) is 44.9 Å². The van der Waals surface area contributed by atoms with Crippen LogP contribution in [0.4, 0.5) is 0 Å². The second kappa shape index (κ2) is 12.3. The molecule has 154 valence electrons. The fraction of sp³-hybridized carbons (Fsp3) is 0.333. The Bertz CT molecular complexity index is 705. The molecule has 3 aromatic rings. The van der Waals surface area contributed by atoms with Crippen molar-refractivity contribution >= 4 is 39.1 Å². The Balaban J connectivity index is 1.83. The predicted molar refractivity (Wildman–Crippen MR) is 138 cm³/mol. The zero-order valence-corrected chi connectivity index (χ0v) is 20.0. The number of halogens is 1. The third kappa shape index (κ3) is 6.03. The summed E-state index contributed by atoms with van der Waals surface area (Å²) in [7, 11) is -2.01. The van der Waals surface area contributed by atoms with E-state index in [0.717, 1.165) is 5.33 Å². The Labute approximate surface area is 186 Å². The van der Waals surface area contributed by atoms with Crippen LogP contribution in [-0.2, 0) is 0 Å². The van der Waals surface area contributed by atoms with Gasteiger partial charge in [-0.05, 0) is 0 Å². The molecule has 0 N–H and O–H groups in total. The normalized spacial score (nSPS) is 12.0. The van der Waals surface area contributed by atoms with Gasteiger partial charge in [0.2, 0.25) is 0 Å². The summed E-state index contributed by atoms with van der Waals surface area (Å²) in [5, 5.41) is 5.76. The monoisotopic (exact) mass is 468 g/mol. The average molecular weight is 469 g/mol. The van der Waals surface area contributed by atoms with Crippen LogP contribution in [0.15, 0.2) is 91.0 Å². The summed E-state index contributed by atoms with van der Waals surface area (Å²) < 4.78 is 0. The minimum atomic E-state index is -2.01. The molecule has 0 nitrogen and oxygen atoms in total. The molecular formula is C27H34BrP. The number of alkyl halides is 1. The van der Waals surface area contributed by atoms with Gasteiger partial charge in [-0.25, -0.2) is 0 Å². The van der Waals surface area contributed by atoms with Crippen LogP contribution < -0.4 is 15.9 Å². The van der Waals surface area contributed by atoms with Gasteiger partial charge in [0.25, 0.3) is 0 Å². The molecule has 0 aliphatic heterocycles. The molecule has 0 heterocycles. The van der Waals surface area contributed by atoms with Crippen molar-refractivity contribution in [2.75, 3.05) is 11.5 Å². The molecule has 0 amide bonds. The molecule has 0 bridgehead atoms. The zero-order valence-electron chi connectivity index (χ0n) is 17.4. The van der Waals surface area contributed by atoms with Crippen LogP contribution in [0.1, 0.15) is 44.9 Å². The maximum atomic E-state index is 3.54. The van der Waals surface area contributed by atoms with Gasteiger partial charge in [0.05, 0.1) is 0 Å². The molecule has 0 aliphatic carbocycles. The van der Waals surface area contributed by atoms with Crippen molar-refractivity contribution in [1.82, 2.24) is 0 Å². The number of benzene rings is 3. The van der Waals surface area contributed by atoms with Gasteiger partial charge in [0.1, 0.15) is 0 Å². The van der Waals surface area contributed by atoms with E-state index < -0.39 is 7.26 Å². The van der Waals surface area contributed by atoms with Crippen molar-refractivity contribution in [3.05, 3.63) is 91.0 Å². The van der Waals surface area contributed by atoms with Crippen LogP contribution >= 0.6 is 23.2 Å². The van der Waals surface area contributed by atoms with Gasteiger partial charge in [0, 0.05) is 0 Å².